The van der Waals surface area contributed by atoms with Crippen LogP contribution in [0.15, 0.2) is 65.8 Å². The molecule has 0 aromatic heterocycles. The number of carbonyl (C=O) groups excluding carboxylic acids is 1. The van der Waals surface area contributed by atoms with Crippen LogP contribution in [-0.4, -0.2) is 24.8 Å². The van der Waals surface area contributed by atoms with Crippen molar-refractivity contribution in [2.75, 3.05) is 13.3 Å². The van der Waals surface area contributed by atoms with E-state index in [0.717, 1.165) is 22.1 Å². The Hall–Kier alpha value is -3.34. The second kappa shape index (κ2) is 5.88. The molecule has 0 bridgehead atoms. The molecule has 0 fully saturated rings. The molecule has 2 aliphatic heterocycles. The minimum atomic E-state index is -0.108. The summed E-state index contributed by atoms with van der Waals surface area (Å²) in [5, 5.41) is 6.45. The largest absolute Gasteiger partial charge is 0.454 e. The van der Waals surface area contributed by atoms with Gasteiger partial charge in [-0.05, 0) is 34.5 Å². The van der Waals surface area contributed by atoms with Gasteiger partial charge in [0.2, 0.25) is 12.6 Å². The van der Waals surface area contributed by atoms with Gasteiger partial charge in [-0.15, -0.1) is 0 Å². The molecule has 0 aliphatic carbocycles. The quantitative estimate of drug-likeness (QED) is 0.739. The van der Waals surface area contributed by atoms with E-state index in [9.17, 15) is 4.79 Å². The number of nitrogens with one attached hydrogen (secondary N) is 1. The molecule has 128 valence electrons. The maximum absolute atomic E-state index is 13.1. The Morgan fingerprint density at radius 3 is 2.73 bits per heavy atom. The number of ether oxygens (including phenoxy) is 2. The van der Waals surface area contributed by atoms with Gasteiger partial charge in [-0.1, -0.05) is 42.5 Å². The zero-order valence-corrected chi connectivity index (χ0v) is 13.9. The van der Waals surface area contributed by atoms with Gasteiger partial charge in [-0.25, -0.2) is 0 Å². The number of rotatable bonds is 3. The summed E-state index contributed by atoms with van der Waals surface area (Å²) in [5.74, 6) is 1.29. The molecule has 0 saturated carbocycles. The van der Waals surface area contributed by atoms with Crippen molar-refractivity contribution in [1.29, 1.82) is 0 Å². The van der Waals surface area contributed by atoms with E-state index in [2.05, 4.69) is 10.5 Å². The summed E-state index contributed by atoms with van der Waals surface area (Å²) in [6.45, 7) is 0.826. The van der Waals surface area contributed by atoms with Crippen molar-refractivity contribution in [3.63, 3.8) is 0 Å². The number of Topliss-reactive ketones (excluding diaryl/α,β-unsaturated/α-hetero) is 1. The number of ketones is 1. The number of hydrogen-bond acceptors (Lipinski definition) is 5. The Morgan fingerprint density at radius 2 is 1.81 bits per heavy atom. The number of benzene rings is 3. The fourth-order valence-electron chi connectivity index (χ4n) is 3.49. The monoisotopic (exact) mass is 344 g/mol. The van der Waals surface area contributed by atoms with E-state index in [-0.39, 0.29) is 18.5 Å². The van der Waals surface area contributed by atoms with Crippen molar-refractivity contribution in [2.45, 2.75) is 5.92 Å². The van der Waals surface area contributed by atoms with Gasteiger partial charge in [-0.2, -0.15) is 5.10 Å². The van der Waals surface area contributed by atoms with Gasteiger partial charge in [0.15, 0.2) is 11.5 Å². The maximum Gasteiger partial charge on any atom is 0.231 e. The molecule has 2 aliphatic rings. The molecule has 5 rings (SSSR count). The van der Waals surface area contributed by atoms with Gasteiger partial charge in [0, 0.05) is 12.1 Å². The van der Waals surface area contributed by atoms with Gasteiger partial charge in [0.05, 0.1) is 5.92 Å². The van der Waals surface area contributed by atoms with Crippen LogP contribution in [0.1, 0.15) is 21.8 Å². The first kappa shape index (κ1) is 15.0. The van der Waals surface area contributed by atoms with Crippen LogP contribution >= 0.6 is 0 Å². The first-order valence-electron chi connectivity index (χ1n) is 8.53. The van der Waals surface area contributed by atoms with Crippen molar-refractivity contribution < 1.29 is 14.3 Å². The maximum atomic E-state index is 13.1. The highest BCUT2D eigenvalue weighted by molar-refractivity contribution is 6.48. The Bertz CT molecular complexity index is 1060. The SMILES string of the molecule is O=C(C1=NNC[C@H]1c1ccc2c(c1)OCO2)c1ccc2ccccc2c1. The fourth-order valence-corrected chi connectivity index (χ4v) is 3.49. The second-order valence-corrected chi connectivity index (χ2v) is 6.42. The van der Waals surface area contributed by atoms with E-state index in [1.165, 1.54) is 0 Å². The van der Waals surface area contributed by atoms with Crippen LogP contribution in [-0.2, 0) is 0 Å². The molecule has 5 nitrogen and oxygen atoms in total. The molecule has 3 aromatic carbocycles. The number of hydrogen-bond donors (Lipinski definition) is 1. The van der Waals surface area contributed by atoms with E-state index in [1.54, 1.807) is 0 Å². The summed E-state index contributed by atoms with van der Waals surface area (Å²) in [7, 11) is 0. The Kier molecular flexibility index (Phi) is 3.38. The van der Waals surface area contributed by atoms with Gasteiger partial charge in [-0.3, -0.25) is 4.79 Å². The average Bonchev–Trinajstić information content (AvgIpc) is 3.35. The van der Waals surface area contributed by atoms with Crippen LogP contribution < -0.4 is 14.9 Å². The third-order valence-electron chi connectivity index (χ3n) is 4.87. The topological polar surface area (TPSA) is 59.9 Å². The van der Waals surface area contributed by atoms with E-state index in [4.69, 9.17) is 9.47 Å². The first-order chi connectivity index (χ1) is 12.8. The lowest BCUT2D eigenvalue weighted by molar-refractivity contribution is 0.106. The van der Waals surface area contributed by atoms with Crippen molar-refractivity contribution in [3.05, 3.63) is 71.8 Å². The number of fused-ring (bicyclic) bond motifs is 2. The lowest BCUT2D eigenvalue weighted by atomic mass is 9.89. The predicted molar refractivity (Wildman–Crippen MR) is 99.0 cm³/mol. The van der Waals surface area contributed by atoms with Crippen molar-refractivity contribution >= 4 is 22.3 Å². The molecule has 0 radical (unpaired) electrons. The molecular formula is C21H16N2O3. The van der Waals surface area contributed by atoms with Gasteiger partial charge < -0.3 is 14.9 Å². The normalized spacial score (nSPS) is 17.8. The summed E-state index contributed by atoms with van der Waals surface area (Å²) >= 11 is 0. The second-order valence-electron chi connectivity index (χ2n) is 6.42. The third kappa shape index (κ3) is 2.40. The van der Waals surface area contributed by atoms with Crippen LogP contribution in [0.25, 0.3) is 10.8 Å². The van der Waals surface area contributed by atoms with Crippen molar-refractivity contribution in [3.8, 4) is 11.5 Å². The average molecular weight is 344 g/mol. The molecule has 0 amide bonds. The van der Waals surface area contributed by atoms with Crippen LogP contribution in [0.4, 0.5) is 0 Å². The highest BCUT2D eigenvalue weighted by Crippen LogP contribution is 2.35. The molecule has 0 unspecified atom stereocenters. The van der Waals surface area contributed by atoms with Gasteiger partial charge >= 0.3 is 0 Å². The summed E-state index contributed by atoms with van der Waals surface area (Å²) < 4.78 is 10.8. The standard InChI is InChI=1S/C21H16N2O3/c24-21(16-6-5-13-3-1-2-4-14(13)9-16)20-17(11-22-23-20)15-7-8-18-19(10-15)26-12-25-18/h1-10,17,22H,11-12H2/t17-/m0/s1. The number of carbonyl (C=O) groups is 1. The summed E-state index contributed by atoms with van der Waals surface area (Å²) in [4.78, 5) is 13.1. The fraction of sp³-hybridized carbons (Fsp3) is 0.143. The molecule has 5 heteroatoms. The molecule has 2 heterocycles. The summed E-state index contributed by atoms with van der Waals surface area (Å²) in [5.41, 5.74) is 5.14. The predicted octanol–water partition coefficient (Wildman–Crippen LogP) is 3.49. The molecule has 1 atom stereocenters. The van der Waals surface area contributed by atoms with E-state index in [1.807, 2.05) is 60.7 Å². The molecule has 3 aromatic rings. The minimum absolute atomic E-state index is 0.0524. The van der Waals surface area contributed by atoms with Crippen molar-refractivity contribution in [2.24, 2.45) is 5.10 Å². The smallest absolute Gasteiger partial charge is 0.231 e. The highest BCUT2D eigenvalue weighted by atomic mass is 16.7. The summed E-state index contributed by atoms with van der Waals surface area (Å²) in [6, 6.07) is 19.6. The van der Waals surface area contributed by atoms with Crippen LogP contribution in [0, 0.1) is 0 Å². The molecular weight excluding hydrogens is 328 g/mol. The highest BCUT2D eigenvalue weighted by Gasteiger charge is 2.30. The van der Waals surface area contributed by atoms with Gasteiger partial charge in [0.1, 0.15) is 5.71 Å². The Morgan fingerprint density at radius 1 is 0.962 bits per heavy atom. The zero-order chi connectivity index (χ0) is 17.5. The summed E-state index contributed by atoms with van der Waals surface area (Å²) in [6.07, 6.45) is 0. The van der Waals surface area contributed by atoms with E-state index >= 15 is 0 Å². The molecule has 0 spiro atoms. The lowest BCUT2D eigenvalue weighted by Gasteiger charge is -2.12. The molecule has 26 heavy (non-hydrogen) atoms. The molecule has 1 N–H and O–H groups in total. The van der Waals surface area contributed by atoms with Crippen LogP contribution in [0.2, 0.25) is 0 Å². The molecule has 0 saturated heterocycles. The third-order valence-corrected chi connectivity index (χ3v) is 4.87. The van der Waals surface area contributed by atoms with Crippen LogP contribution in [0.5, 0.6) is 11.5 Å². The Balaban J connectivity index is 1.48. The van der Waals surface area contributed by atoms with Crippen molar-refractivity contribution in [1.82, 2.24) is 5.43 Å². The first-order valence-corrected chi connectivity index (χ1v) is 8.53. The zero-order valence-electron chi connectivity index (χ0n) is 13.9. The van der Waals surface area contributed by atoms with Gasteiger partial charge in [0.25, 0.3) is 0 Å². The minimum Gasteiger partial charge on any atom is -0.454 e. The van der Waals surface area contributed by atoms with E-state index in [0.29, 0.717) is 23.6 Å². The Labute approximate surface area is 150 Å². The van der Waals surface area contributed by atoms with E-state index < -0.39 is 0 Å². The number of hydrazone groups is 1. The number of nitrogens with zero attached hydrogens (tertiary/aromatic N) is 1. The van der Waals surface area contributed by atoms with Crippen LogP contribution in [0.3, 0.4) is 0 Å². The lowest BCUT2D eigenvalue weighted by Crippen LogP contribution is -2.21.